The van der Waals surface area contributed by atoms with Crippen LogP contribution >= 0.6 is 27.3 Å². The lowest BCUT2D eigenvalue weighted by molar-refractivity contribution is 0.144. The maximum absolute atomic E-state index is 9.79. The van der Waals surface area contributed by atoms with Crippen LogP contribution in [-0.2, 0) is 0 Å². The first-order valence-corrected chi connectivity index (χ1v) is 5.63. The number of halogens is 1. The van der Waals surface area contributed by atoms with E-state index in [2.05, 4.69) is 20.9 Å². The van der Waals surface area contributed by atoms with Crippen molar-refractivity contribution >= 4 is 27.3 Å². The van der Waals surface area contributed by atoms with Crippen molar-refractivity contribution in [2.75, 3.05) is 0 Å². The Balaban J connectivity index is 2.69. The summed E-state index contributed by atoms with van der Waals surface area (Å²) in [6.07, 6.45) is 0.00947. The molecule has 0 aliphatic heterocycles. The Morgan fingerprint density at radius 3 is 2.77 bits per heavy atom. The van der Waals surface area contributed by atoms with Gasteiger partial charge in [0.05, 0.1) is 16.5 Å². The van der Waals surface area contributed by atoms with Gasteiger partial charge in [0.15, 0.2) is 0 Å². The number of nitrogens with zero attached hydrogens (tertiary/aromatic N) is 1. The molecule has 1 atom stereocenters. The van der Waals surface area contributed by atoms with E-state index < -0.39 is 6.10 Å². The molecule has 0 aromatic carbocycles. The smallest absolute Gasteiger partial charge is 0.122 e. The van der Waals surface area contributed by atoms with Crippen molar-refractivity contribution < 1.29 is 5.11 Å². The van der Waals surface area contributed by atoms with Crippen molar-refractivity contribution in [3.63, 3.8) is 0 Å². The van der Waals surface area contributed by atoms with E-state index in [1.165, 1.54) is 11.3 Å². The highest BCUT2D eigenvalue weighted by atomic mass is 79.9. The van der Waals surface area contributed by atoms with E-state index in [4.69, 9.17) is 5.73 Å². The highest BCUT2D eigenvalue weighted by Gasteiger charge is 2.21. The molecule has 0 bridgehead atoms. The Kier molecular flexibility index (Phi) is 3.45. The second kappa shape index (κ2) is 4.04. The predicted molar refractivity (Wildman–Crippen MR) is 57.7 cm³/mol. The first kappa shape index (κ1) is 11.1. The fraction of sp³-hybridized carbons (Fsp3) is 0.625. The molecule has 0 aliphatic carbocycles. The fourth-order valence-corrected chi connectivity index (χ4v) is 2.49. The Bertz CT molecular complexity index is 282. The number of nitrogens with two attached hydrogens (primary N) is 1. The molecule has 1 aromatic rings. The zero-order valence-corrected chi connectivity index (χ0v) is 10.0. The Morgan fingerprint density at radius 1 is 1.77 bits per heavy atom. The normalized spacial score (nSPS) is 14.5. The monoisotopic (exact) mass is 264 g/mol. The quantitative estimate of drug-likeness (QED) is 0.879. The molecular weight excluding hydrogens is 252 g/mol. The van der Waals surface area contributed by atoms with Crippen LogP contribution < -0.4 is 5.73 Å². The molecule has 0 amide bonds. The zero-order valence-electron chi connectivity index (χ0n) is 7.62. The van der Waals surface area contributed by atoms with Crippen molar-refractivity contribution in [1.82, 2.24) is 4.98 Å². The number of rotatable bonds is 3. The third-order valence-corrected chi connectivity index (χ3v) is 3.40. The number of thiazole rings is 1. The summed E-state index contributed by atoms with van der Waals surface area (Å²) in [6.45, 7) is 3.79. The van der Waals surface area contributed by atoms with Gasteiger partial charge in [-0.05, 0) is 36.2 Å². The number of aliphatic hydroxyl groups excluding tert-OH is 1. The molecule has 5 heteroatoms. The Labute approximate surface area is 90.1 Å². The molecule has 1 unspecified atom stereocenters. The van der Waals surface area contributed by atoms with Crippen LogP contribution in [0.3, 0.4) is 0 Å². The minimum absolute atomic E-state index is 0.358. The summed E-state index contributed by atoms with van der Waals surface area (Å²) >= 11 is 4.71. The van der Waals surface area contributed by atoms with Gasteiger partial charge >= 0.3 is 0 Å². The van der Waals surface area contributed by atoms with E-state index >= 15 is 0 Å². The maximum atomic E-state index is 9.79. The van der Waals surface area contributed by atoms with Crippen LogP contribution in [0, 0.1) is 0 Å². The third-order valence-electron chi connectivity index (χ3n) is 1.57. The van der Waals surface area contributed by atoms with Gasteiger partial charge in [-0.2, -0.15) is 0 Å². The minimum Gasteiger partial charge on any atom is -0.387 e. The largest absolute Gasteiger partial charge is 0.387 e. The lowest BCUT2D eigenvalue weighted by Gasteiger charge is -2.21. The van der Waals surface area contributed by atoms with Gasteiger partial charge in [-0.3, -0.25) is 0 Å². The summed E-state index contributed by atoms with van der Waals surface area (Å²) in [5.74, 6) is 0. The molecule has 3 N–H and O–H groups in total. The molecule has 13 heavy (non-hydrogen) atoms. The van der Waals surface area contributed by atoms with Crippen molar-refractivity contribution in [2.45, 2.75) is 31.9 Å². The SMILES string of the molecule is CC(C)(N)CC(O)c1scnc1Br. The topological polar surface area (TPSA) is 59.1 Å². The molecule has 0 spiro atoms. The van der Waals surface area contributed by atoms with Crippen molar-refractivity contribution in [2.24, 2.45) is 5.73 Å². The minimum atomic E-state index is -0.526. The molecule has 0 radical (unpaired) electrons. The fourth-order valence-electron chi connectivity index (χ4n) is 1.05. The summed E-state index contributed by atoms with van der Waals surface area (Å²) in [5.41, 5.74) is 7.14. The highest BCUT2D eigenvalue weighted by Crippen LogP contribution is 2.30. The standard InChI is InChI=1S/C8H13BrN2OS/c1-8(2,10)3-5(12)6-7(9)11-4-13-6/h4-5,12H,3,10H2,1-2H3. The van der Waals surface area contributed by atoms with Crippen LogP contribution in [0.4, 0.5) is 0 Å². The third kappa shape index (κ3) is 3.34. The van der Waals surface area contributed by atoms with E-state index in [0.717, 1.165) is 4.88 Å². The first-order valence-electron chi connectivity index (χ1n) is 3.96. The molecule has 1 rings (SSSR count). The van der Waals surface area contributed by atoms with Gasteiger partial charge in [0.2, 0.25) is 0 Å². The number of aliphatic hydroxyl groups is 1. The highest BCUT2D eigenvalue weighted by molar-refractivity contribution is 9.10. The number of hydrogen-bond acceptors (Lipinski definition) is 4. The maximum Gasteiger partial charge on any atom is 0.122 e. The molecule has 0 aliphatic rings. The van der Waals surface area contributed by atoms with Gasteiger partial charge in [0.1, 0.15) is 4.60 Å². The van der Waals surface area contributed by atoms with Crippen LogP contribution in [-0.4, -0.2) is 15.6 Å². The van der Waals surface area contributed by atoms with Gasteiger partial charge in [0.25, 0.3) is 0 Å². The first-order chi connectivity index (χ1) is 5.90. The number of hydrogen-bond donors (Lipinski definition) is 2. The summed E-state index contributed by atoms with van der Waals surface area (Å²) in [6, 6.07) is 0. The Morgan fingerprint density at radius 2 is 2.38 bits per heavy atom. The molecular formula is C8H13BrN2OS. The second-order valence-electron chi connectivity index (χ2n) is 3.72. The predicted octanol–water partition coefficient (Wildman–Crippen LogP) is 2.07. The van der Waals surface area contributed by atoms with Gasteiger partial charge in [0, 0.05) is 5.54 Å². The van der Waals surface area contributed by atoms with Crippen LogP contribution in [0.2, 0.25) is 0 Å². The van der Waals surface area contributed by atoms with Crippen LogP contribution in [0.15, 0.2) is 10.1 Å². The van der Waals surface area contributed by atoms with Crippen molar-refractivity contribution in [3.8, 4) is 0 Å². The summed E-state index contributed by atoms with van der Waals surface area (Å²) in [5, 5.41) is 9.79. The molecule has 1 heterocycles. The van der Waals surface area contributed by atoms with E-state index in [1.807, 2.05) is 13.8 Å². The molecule has 74 valence electrons. The lowest BCUT2D eigenvalue weighted by Crippen LogP contribution is -2.33. The molecule has 3 nitrogen and oxygen atoms in total. The molecule has 0 saturated carbocycles. The van der Waals surface area contributed by atoms with Gasteiger partial charge < -0.3 is 10.8 Å². The van der Waals surface area contributed by atoms with Crippen LogP contribution in [0.1, 0.15) is 31.2 Å². The molecule has 0 saturated heterocycles. The zero-order chi connectivity index (χ0) is 10.1. The Hall–Kier alpha value is 0.0300. The summed E-state index contributed by atoms with van der Waals surface area (Å²) in [7, 11) is 0. The van der Waals surface area contributed by atoms with Gasteiger partial charge in [-0.1, -0.05) is 0 Å². The van der Waals surface area contributed by atoms with Crippen molar-refractivity contribution in [3.05, 3.63) is 15.0 Å². The van der Waals surface area contributed by atoms with Gasteiger partial charge in [-0.15, -0.1) is 11.3 Å². The average molecular weight is 265 g/mol. The van der Waals surface area contributed by atoms with Gasteiger partial charge in [-0.25, -0.2) is 4.98 Å². The average Bonchev–Trinajstić information content (AvgIpc) is 2.30. The molecule has 1 aromatic heterocycles. The molecule has 0 fully saturated rings. The summed E-state index contributed by atoms with van der Waals surface area (Å²) < 4.78 is 0.717. The second-order valence-corrected chi connectivity index (χ2v) is 5.35. The van der Waals surface area contributed by atoms with Crippen LogP contribution in [0.25, 0.3) is 0 Å². The van der Waals surface area contributed by atoms with E-state index in [-0.39, 0.29) is 5.54 Å². The van der Waals surface area contributed by atoms with Crippen LogP contribution in [0.5, 0.6) is 0 Å². The lowest BCUT2D eigenvalue weighted by atomic mass is 9.98. The van der Waals surface area contributed by atoms with E-state index in [0.29, 0.717) is 11.0 Å². The van der Waals surface area contributed by atoms with E-state index in [9.17, 15) is 5.11 Å². The number of aromatic nitrogens is 1. The van der Waals surface area contributed by atoms with Crippen molar-refractivity contribution in [1.29, 1.82) is 0 Å². The summed E-state index contributed by atoms with van der Waals surface area (Å²) in [4.78, 5) is 4.85. The van der Waals surface area contributed by atoms with E-state index in [1.54, 1.807) is 5.51 Å².